The molecular formula is C22H30N2O4. The number of hydrogen-bond donors (Lipinski definition) is 1. The van der Waals surface area contributed by atoms with Crippen molar-refractivity contribution < 1.29 is 18.7 Å². The predicted molar refractivity (Wildman–Crippen MR) is 108 cm³/mol. The van der Waals surface area contributed by atoms with Crippen molar-refractivity contribution in [3.8, 4) is 11.5 Å². The summed E-state index contributed by atoms with van der Waals surface area (Å²) in [6, 6.07) is 9.46. The average Bonchev–Trinajstić information content (AvgIpc) is 3.19. The molecule has 1 fully saturated rings. The Labute approximate surface area is 166 Å². The number of carbonyl (C=O) groups is 1. The van der Waals surface area contributed by atoms with Gasteiger partial charge >= 0.3 is 0 Å². The SMILES string of the molecule is CCc1ccc(CN2CCC[C@H](CNC(=O)c3cccc(OC)c3OC)C2)o1. The second kappa shape index (κ2) is 9.64. The van der Waals surface area contributed by atoms with E-state index in [-0.39, 0.29) is 5.91 Å². The first kappa shape index (κ1) is 20.3. The summed E-state index contributed by atoms with van der Waals surface area (Å²) in [4.78, 5) is 15.1. The Bertz CT molecular complexity index is 787. The maximum absolute atomic E-state index is 12.7. The number of para-hydroxylation sites is 1. The van der Waals surface area contributed by atoms with Crippen LogP contribution in [0.3, 0.4) is 0 Å². The van der Waals surface area contributed by atoms with E-state index in [0.717, 1.165) is 50.4 Å². The quantitative estimate of drug-likeness (QED) is 0.752. The minimum absolute atomic E-state index is 0.133. The number of ether oxygens (including phenoxy) is 2. The largest absolute Gasteiger partial charge is 0.493 e. The number of nitrogens with zero attached hydrogens (tertiary/aromatic N) is 1. The van der Waals surface area contributed by atoms with Gasteiger partial charge in [0.05, 0.1) is 26.3 Å². The number of methoxy groups -OCH3 is 2. The van der Waals surface area contributed by atoms with Crippen LogP contribution in [0.2, 0.25) is 0 Å². The maximum atomic E-state index is 12.7. The molecule has 3 rings (SSSR count). The Morgan fingerprint density at radius 1 is 1.21 bits per heavy atom. The third kappa shape index (κ3) is 4.87. The molecule has 1 aliphatic rings. The summed E-state index contributed by atoms with van der Waals surface area (Å²) in [5, 5.41) is 3.07. The van der Waals surface area contributed by atoms with Crippen LogP contribution in [0.1, 0.15) is 41.6 Å². The molecule has 6 nitrogen and oxygen atoms in total. The van der Waals surface area contributed by atoms with Crippen LogP contribution in [0, 0.1) is 5.92 Å². The van der Waals surface area contributed by atoms with Crippen molar-refractivity contribution in [1.82, 2.24) is 10.2 Å². The Balaban J connectivity index is 1.55. The molecule has 2 aromatic rings. The first-order chi connectivity index (χ1) is 13.6. The van der Waals surface area contributed by atoms with Crippen LogP contribution in [0.5, 0.6) is 11.5 Å². The third-order valence-electron chi connectivity index (χ3n) is 5.25. The molecule has 6 heteroatoms. The topological polar surface area (TPSA) is 63.9 Å². The highest BCUT2D eigenvalue weighted by molar-refractivity contribution is 5.97. The Morgan fingerprint density at radius 2 is 2.04 bits per heavy atom. The number of aryl methyl sites for hydroxylation is 1. The Hall–Kier alpha value is -2.47. The van der Waals surface area contributed by atoms with Gasteiger partial charge in [0.1, 0.15) is 11.5 Å². The zero-order valence-corrected chi connectivity index (χ0v) is 17.0. The van der Waals surface area contributed by atoms with E-state index in [1.54, 1.807) is 32.4 Å². The van der Waals surface area contributed by atoms with Gasteiger partial charge in [0.2, 0.25) is 0 Å². The molecule has 0 saturated carbocycles. The number of nitrogens with one attached hydrogen (secondary N) is 1. The third-order valence-corrected chi connectivity index (χ3v) is 5.25. The summed E-state index contributed by atoms with van der Waals surface area (Å²) in [5.74, 6) is 3.37. The van der Waals surface area contributed by atoms with E-state index in [2.05, 4.69) is 29.3 Å². The smallest absolute Gasteiger partial charge is 0.255 e. The van der Waals surface area contributed by atoms with Gasteiger partial charge in [-0.25, -0.2) is 0 Å². The van der Waals surface area contributed by atoms with E-state index in [4.69, 9.17) is 13.9 Å². The van der Waals surface area contributed by atoms with Gasteiger partial charge in [-0.2, -0.15) is 0 Å². The number of piperidine rings is 1. The van der Waals surface area contributed by atoms with E-state index in [9.17, 15) is 4.79 Å². The van der Waals surface area contributed by atoms with E-state index < -0.39 is 0 Å². The lowest BCUT2D eigenvalue weighted by Crippen LogP contribution is -2.40. The summed E-state index contributed by atoms with van der Waals surface area (Å²) in [6.45, 7) is 5.59. The second-order valence-corrected chi connectivity index (χ2v) is 7.22. The predicted octanol–water partition coefficient (Wildman–Crippen LogP) is 3.50. The summed E-state index contributed by atoms with van der Waals surface area (Å²) < 4.78 is 16.5. The van der Waals surface area contributed by atoms with Gasteiger partial charge in [0.25, 0.3) is 5.91 Å². The molecule has 1 saturated heterocycles. The van der Waals surface area contributed by atoms with Gasteiger partial charge < -0.3 is 19.2 Å². The van der Waals surface area contributed by atoms with Crippen molar-refractivity contribution in [2.24, 2.45) is 5.92 Å². The van der Waals surface area contributed by atoms with Gasteiger partial charge in [-0.15, -0.1) is 0 Å². The maximum Gasteiger partial charge on any atom is 0.255 e. The molecule has 1 aromatic heterocycles. The minimum atomic E-state index is -0.133. The first-order valence-corrected chi connectivity index (χ1v) is 9.93. The molecule has 0 spiro atoms. The lowest BCUT2D eigenvalue weighted by Gasteiger charge is -2.32. The van der Waals surface area contributed by atoms with Crippen LogP contribution in [-0.2, 0) is 13.0 Å². The van der Waals surface area contributed by atoms with Crippen LogP contribution >= 0.6 is 0 Å². The van der Waals surface area contributed by atoms with Crippen molar-refractivity contribution in [3.63, 3.8) is 0 Å². The van der Waals surface area contributed by atoms with Crippen LogP contribution in [0.25, 0.3) is 0 Å². The van der Waals surface area contributed by atoms with Crippen LogP contribution in [0.15, 0.2) is 34.7 Å². The summed E-state index contributed by atoms with van der Waals surface area (Å²) in [6.07, 6.45) is 3.16. The Kier molecular flexibility index (Phi) is 6.98. The molecule has 0 radical (unpaired) electrons. The number of amides is 1. The lowest BCUT2D eigenvalue weighted by molar-refractivity contribution is 0.0924. The standard InChI is InChI=1S/C22H30N2O4/c1-4-17-10-11-18(28-17)15-24-12-6-7-16(14-24)13-23-22(25)19-8-5-9-20(26-2)21(19)27-3/h5,8-11,16H,4,6-7,12-15H2,1-3H3,(H,23,25)/t16-/m1/s1. The number of rotatable bonds is 8. The van der Waals surface area contributed by atoms with Crippen molar-refractivity contribution >= 4 is 5.91 Å². The molecule has 1 aliphatic heterocycles. The highest BCUT2D eigenvalue weighted by Crippen LogP contribution is 2.30. The minimum Gasteiger partial charge on any atom is -0.493 e. The number of carbonyl (C=O) groups excluding carboxylic acids is 1. The molecule has 0 unspecified atom stereocenters. The van der Waals surface area contributed by atoms with Crippen molar-refractivity contribution in [2.75, 3.05) is 33.9 Å². The Morgan fingerprint density at radius 3 is 2.75 bits per heavy atom. The van der Waals surface area contributed by atoms with Gasteiger partial charge in [-0.3, -0.25) is 9.69 Å². The normalized spacial score (nSPS) is 17.3. The van der Waals surface area contributed by atoms with E-state index in [0.29, 0.717) is 29.5 Å². The molecule has 1 amide bonds. The number of likely N-dealkylation sites (tertiary alicyclic amines) is 1. The fraction of sp³-hybridized carbons (Fsp3) is 0.500. The van der Waals surface area contributed by atoms with Crippen molar-refractivity contribution in [2.45, 2.75) is 32.7 Å². The van der Waals surface area contributed by atoms with E-state index in [1.165, 1.54) is 0 Å². The van der Waals surface area contributed by atoms with Crippen molar-refractivity contribution in [1.29, 1.82) is 0 Å². The van der Waals surface area contributed by atoms with Gasteiger partial charge in [0.15, 0.2) is 11.5 Å². The lowest BCUT2D eigenvalue weighted by atomic mass is 9.97. The molecule has 0 aliphatic carbocycles. The molecule has 1 aromatic carbocycles. The molecule has 152 valence electrons. The molecule has 2 heterocycles. The van der Waals surface area contributed by atoms with Gasteiger partial charge in [-0.1, -0.05) is 13.0 Å². The molecule has 0 bridgehead atoms. The van der Waals surface area contributed by atoms with E-state index in [1.807, 2.05) is 0 Å². The van der Waals surface area contributed by atoms with Gasteiger partial charge in [-0.05, 0) is 49.6 Å². The average molecular weight is 386 g/mol. The van der Waals surface area contributed by atoms with Crippen molar-refractivity contribution in [3.05, 3.63) is 47.4 Å². The first-order valence-electron chi connectivity index (χ1n) is 9.93. The highest BCUT2D eigenvalue weighted by Gasteiger charge is 2.23. The van der Waals surface area contributed by atoms with Crippen LogP contribution < -0.4 is 14.8 Å². The summed E-state index contributed by atoms with van der Waals surface area (Å²) in [5.41, 5.74) is 0.497. The molecular weight excluding hydrogens is 356 g/mol. The summed E-state index contributed by atoms with van der Waals surface area (Å²) in [7, 11) is 3.12. The zero-order valence-electron chi connectivity index (χ0n) is 17.0. The second-order valence-electron chi connectivity index (χ2n) is 7.22. The number of furan rings is 1. The van der Waals surface area contributed by atoms with Gasteiger partial charge in [0, 0.05) is 19.5 Å². The molecule has 1 atom stereocenters. The highest BCUT2D eigenvalue weighted by atomic mass is 16.5. The van der Waals surface area contributed by atoms with E-state index >= 15 is 0 Å². The van der Waals surface area contributed by atoms with Crippen LogP contribution in [-0.4, -0.2) is 44.7 Å². The number of hydrogen-bond acceptors (Lipinski definition) is 5. The fourth-order valence-electron chi connectivity index (χ4n) is 3.78. The molecule has 28 heavy (non-hydrogen) atoms. The fourth-order valence-corrected chi connectivity index (χ4v) is 3.78. The number of benzene rings is 1. The van der Waals surface area contributed by atoms with Crippen LogP contribution in [0.4, 0.5) is 0 Å². The monoisotopic (exact) mass is 386 g/mol. The summed E-state index contributed by atoms with van der Waals surface area (Å²) >= 11 is 0. The molecule has 1 N–H and O–H groups in total. The zero-order chi connectivity index (χ0) is 19.9.